The largest absolute Gasteiger partial charge is 3.00 e. The third-order valence-electron chi connectivity index (χ3n) is 14.5. The van der Waals surface area contributed by atoms with Crippen molar-refractivity contribution in [3.05, 3.63) is 310 Å². The zero-order valence-electron chi connectivity index (χ0n) is 42.9. The van der Waals surface area contributed by atoms with E-state index in [9.17, 15) is 0 Å². The summed E-state index contributed by atoms with van der Waals surface area (Å²) in [5.74, 6) is 0. The van der Waals surface area contributed by atoms with E-state index in [4.69, 9.17) is 4.98 Å². The summed E-state index contributed by atoms with van der Waals surface area (Å²) in [6.07, 6.45) is 5.49. The van der Waals surface area contributed by atoms with Gasteiger partial charge in [0.1, 0.15) is 0 Å². The van der Waals surface area contributed by atoms with Crippen LogP contribution in [0.25, 0.3) is 134 Å². The van der Waals surface area contributed by atoms with Crippen molar-refractivity contribution in [1.82, 2.24) is 15.0 Å². The van der Waals surface area contributed by atoms with Gasteiger partial charge in [-0.25, -0.2) is 0 Å². The van der Waals surface area contributed by atoms with Gasteiger partial charge in [0, 0.05) is 18.6 Å². The van der Waals surface area contributed by atoms with Crippen molar-refractivity contribution in [1.29, 1.82) is 0 Å². The predicted octanol–water partition coefficient (Wildman–Crippen LogP) is 19.3. The summed E-state index contributed by atoms with van der Waals surface area (Å²) in [4.78, 5) is 14.0. The number of benzene rings is 10. The fourth-order valence-corrected chi connectivity index (χ4v) is 10.5. The molecule has 3 aromatic heterocycles. The molecule has 3 nitrogen and oxygen atoms in total. The topological polar surface area (TPSA) is 38.7 Å². The Morgan fingerprint density at radius 1 is 0.203 bits per heavy atom. The summed E-state index contributed by atoms with van der Waals surface area (Å²) in [6, 6.07) is 108. The van der Waals surface area contributed by atoms with Crippen LogP contribution in [0, 0.1) is 18.2 Å². The summed E-state index contributed by atoms with van der Waals surface area (Å²) in [6.45, 7) is 0. The van der Waals surface area contributed by atoms with Crippen LogP contribution in [0.4, 0.5) is 0 Å². The zero-order valence-corrected chi connectivity index (χ0v) is 45.3. The van der Waals surface area contributed by atoms with E-state index in [1.54, 1.807) is 0 Å². The van der Waals surface area contributed by atoms with E-state index in [-0.39, 0.29) is 20.1 Å². The second kappa shape index (κ2) is 22.9. The number of hydrogen-bond acceptors (Lipinski definition) is 3. The van der Waals surface area contributed by atoms with Crippen LogP contribution in [-0.2, 0) is 20.1 Å². The third-order valence-corrected chi connectivity index (χ3v) is 14.5. The maximum Gasteiger partial charge on any atom is 3.00 e. The molecule has 0 bridgehead atoms. The second-order valence-corrected chi connectivity index (χ2v) is 19.3. The van der Waals surface area contributed by atoms with Gasteiger partial charge in [-0.05, 0) is 115 Å². The molecular formula is C75H48IrN3. The predicted molar refractivity (Wildman–Crippen MR) is 322 cm³/mol. The third kappa shape index (κ3) is 10.6. The molecule has 0 saturated carbocycles. The molecule has 13 aromatic rings. The van der Waals surface area contributed by atoms with Crippen molar-refractivity contribution in [2.45, 2.75) is 0 Å². The van der Waals surface area contributed by atoms with Crippen LogP contribution in [0.15, 0.2) is 292 Å². The van der Waals surface area contributed by atoms with Crippen LogP contribution in [0.2, 0.25) is 0 Å². The van der Waals surface area contributed by atoms with Gasteiger partial charge in [-0.3, -0.25) is 0 Å². The minimum Gasteiger partial charge on any atom is -0.305 e. The minimum absolute atomic E-state index is 0. The Hall–Kier alpha value is -9.70. The average molecular weight is 1180 g/mol. The zero-order chi connectivity index (χ0) is 52.0. The molecule has 0 saturated heterocycles. The normalized spacial score (nSPS) is 10.9. The van der Waals surface area contributed by atoms with Gasteiger partial charge < -0.3 is 15.0 Å². The first kappa shape index (κ1) is 50.1. The summed E-state index contributed by atoms with van der Waals surface area (Å²) >= 11 is 0. The maximum absolute atomic E-state index is 4.79. The van der Waals surface area contributed by atoms with Crippen molar-refractivity contribution in [2.75, 3.05) is 0 Å². The molecule has 0 aliphatic rings. The quantitative estimate of drug-likeness (QED) is 0.114. The van der Waals surface area contributed by atoms with E-state index in [2.05, 4.69) is 253 Å². The smallest absolute Gasteiger partial charge is 0.305 e. The van der Waals surface area contributed by atoms with Crippen LogP contribution in [-0.4, -0.2) is 15.0 Å². The van der Waals surface area contributed by atoms with Crippen LogP contribution in [0.3, 0.4) is 0 Å². The fourth-order valence-electron chi connectivity index (χ4n) is 10.5. The molecule has 0 fully saturated rings. The van der Waals surface area contributed by atoms with Gasteiger partial charge in [0.2, 0.25) is 0 Å². The Bertz CT molecular complexity index is 4040. The average Bonchev–Trinajstić information content (AvgIpc) is 3.54. The molecule has 79 heavy (non-hydrogen) atoms. The molecule has 3 heterocycles. The first-order valence-corrected chi connectivity index (χ1v) is 26.2. The van der Waals surface area contributed by atoms with E-state index >= 15 is 0 Å². The molecule has 372 valence electrons. The Balaban J connectivity index is 0.00000623. The summed E-state index contributed by atoms with van der Waals surface area (Å²) < 4.78 is 0. The molecule has 0 amide bonds. The molecule has 10 aromatic carbocycles. The van der Waals surface area contributed by atoms with E-state index in [0.29, 0.717) is 0 Å². The van der Waals surface area contributed by atoms with Crippen molar-refractivity contribution >= 4 is 0 Å². The second-order valence-electron chi connectivity index (χ2n) is 19.3. The Morgan fingerprint density at radius 2 is 0.570 bits per heavy atom. The standard InChI is InChI=1S/C75H48N3.Ir/c1-3-17-52(18-4-1)54-28-30-57(31-29-54)71-51-61(75-27-13-16-46-78-75)41-43-70(71)72-50-60(53-19-5-2-6-20-53)40-42-69(72)64-48-62(67-23-9-7-21-65(67)55-32-36-58(37-33-55)73-25-11-14-44-76-73)47-63(49-64)68-24-10-8-22-66(68)56-34-38-59(39-35-56)74-26-12-15-45-77-74;/h1-36,38,40,42-51H;/q-3;+3. The number of rotatable bonds is 12. The van der Waals surface area contributed by atoms with Crippen LogP contribution in [0.5, 0.6) is 0 Å². The fraction of sp³-hybridized carbons (Fsp3) is 0. The molecule has 13 rings (SSSR count). The maximum atomic E-state index is 4.79. The first-order chi connectivity index (χ1) is 38.7. The summed E-state index contributed by atoms with van der Waals surface area (Å²) in [7, 11) is 0. The van der Waals surface area contributed by atoms with Crippen molar-refractivity contribution in [2.24, 2.45) is 0 Å². The van der Waals surface area contributed by atoms with Gasteiger partial charge in [-0.1, -0.05) is 227 Å². The molecule has 0 aliphatic carbocycles. The van der Waals surface area contributed by atoms with Crippen molar-refractivity contribution < 1.29 is 20.1 Å². The molecule has 0 N–H and O–H groups in total. The molecule has 4 heteroatoms. The molecule has 0 spiro atoms. The molecule has 0 atom stereocenters. The van der Waals surface area contributed by atoms with Gasteiger partial charge in [-0.2, -0.15) is 0 Å². The van der Waals surface area contributed by atoms with Crippen LogP contribution < -0.4 is 0 Å². The van der Waals surface area contributed by atoms with Crippen molar-refractivity contribution in [3.63, 3.8) is 0 Å². The summed E-state index contributed by atoms with van der Waals surface area (Å²) in [5, 5.41) is 0. The van der Waals surface area contributed by atoms with Gasteiger partial charge in [0.25, 0.3) is 0 Å². The van der Waals surface area contributed by atoms with E-state index in [1.165, 1.54) is 5.56 Å². The van der Waals surface area contributed by atoms with Gasteiger partial charge in [0.05, 0.1) is 0 Å². The first-order valence-electron chi connectivity index (χ1n) is 26.2. The summed E-state index contributed by atoms with van der Waals surface area (Å²) in [5.41, 5.74) is 25.3. The SMILES string of the molecule is [Ir+3].[c-]1cc(-c2ccccc2-c2cc(-c3ccccc3-c3c[c-]c(-c4ccccn4)cc3)cc(-c3ccc(-c4ccccc4)cc3-c3c[c-]c(-c4ccccn4)cc3-c3ccc(-c4ccccc4)cc3)c2)ccc1-c1ccccn1. The monoisotopic (exact) mass is 1180 g/mol. The molecule has 0 radical (unpaired) electrons. The van der Waals surface area contributed by atoms with E-state index in [1.807, 2.05) is 67.1 Å². The van der Waals surface area contributed by atoms with Crippen LogP contribution >= 0.6 is 0 Å². The Kier molecular flexibility index (Phi) is 14.5. The van der Waals surface area contributed by atoms with Gasteiger partial charge in [-0.15, -0.1) is 83.4 Å². The molecule has 0 aliphatic heterocycles. The number of hydrogen-bond donors (Lipinski definition) is 0. The number of nitrogens with zero attached hydrogens (tertiary/aromatic N) is 3. The minimum atomic E-state index is 0. The van der Waals surface area contributed by atoms with Gasteiger partial charge >= 0.3 is 20.1 Å². The molecule has 0 unspecified atom stereocenters. The Labute approximate surface area is 475 Å². The number of aromatic nitrogens is 3. The van der Waals surface area contributed by atoms with Crippen molar-refractivity contribution in [3.8, 4) is 134 Å². The Morgan fingerprint density at radius 3 is 1.03 bits per heavy atom. The van der Waals surface area contributed by atoms with E-state index in [0.717, 1.165) is 128 Å². The number of pyridine rings is 3. The van der Waals surface area contributed by atoms with Gasteiger partial charge in [0.15, 0.2) is 0 Å². The molecular weight excluding hydrogens is 1140 g/mol. The van der Waals surface area contributed by atoms with Crippen LogP contribution in [0.1, 0.15) is 0 Å². The van der Waals surface area contributed by atoms with E-state index < -0.39 is 0 Å².